The van der Waals surface area contributed by atoms with E-state index in [9.17, 15) is 4.46 Å². The molecule has 3 heteroatoms. The van der Waals surface area contributed by atoms with Crippen molar-refractivity contribution in [1.29, 1.82) is 0 Å². The summed E-state index contributed by atoms with van der Waals surface area (Å²) in [6.45, 7) is 0. The molecule has 1 aromatic carbocycles. The predicted octanol–water partition coefficient (Wildman–Crippen LogP) is 2.00. The zero-order valence-corrected chi connectivity index (χ0v) is 9.21. The van der Waals surface area contributed by atoms with Gasteiger partial charge in [-0.15, -0.1) is 0 Å². The Bertz CT molecular complexity index is 452. The Hall–Kier alpha value is -1.48. The van der Waals surface area contributed by atoms with Gasteiger partial charge in [0.25, 0.3) is 0 Å². The third kappa shape index (κ3) is 1.23. The van der Waals surface area contributed by atoms with Crippen molar-refractivity contribution in [2.75, 3.05) is 0 Å². The number of hydrogen-bond donors (Lipinski definition) is 0. The van der Waals surface area contributed by atoms with E-state index in [0.29, 0.717) is 6.04 Å². The van der Waals surface area contributed by atoms with Crippen LogP contribution < -0.4 is 0 Å². The predicted molar refractivity (Wildman–Crippen MR) is 59.5 cm³/mol. The highest BCUT2D eigenvalue weighted by Crippen LogP contribution is 2.36. The molecule has 1 saturated heterocycles. The van der Waals surface area contributed by atoms with Gasteiger partial charge in [-0.25, -0.2) is 0 Å². The van der Waals surface area contributed by atoms with Gasteiger partial charge in [-0.3, -0.25) is 0 Å². The van der Waals surface area contributed by atoms with Crippen molar-refractivity contribution in [3.8, 4) is 0 Å². The molecule has 74 valence electrons. The van der Waals surface area contributed by atoms with Crippen molar-refractivity contribution in [2.24, 2.45) is 0 Å². The van der Waals surface area contributed by atoms with Gasteiger partial charge in [0.1, 0.15) is 0 Å². The topological polar surface area (TPSA) is 20.3 Å². The molecule has 1 fully saturated rings. The largest absolute Gasteiger partial charge is 0.409 e. The van der Waals surface area contributed by atoms with Gasteiger partial charge in [-0.2, -0.15) is 0 Å². The minimum atomic E-state index is -1.64. The second-order valence-electron chi connectivity index (χ2n) is 3.85. The smallest absolute Gasteiger partial charge is 0.359 e. The summed E-state index contributed by atoms with van der Waals surface area (Å²) >= 11 is 0. The molecule has 2 aliphatic rings. The van der Waals surface area contributed by atoms with Crippen LogP contribution in [-0.2, 0) is 4.46 Å². The third-order valence-corrected chi connectivity index (χ3v) is 5.17. The normalized spacial score (nSPS) is 27.5. The van der Waals surface area contributed by atoms with Crippen LogP contribution in [0.3, 0.4) is 0 Å². The first-order valence-electron chi connectivity index (χ1n) is 5.10. The average Bonchev–Trinajstić information content (AvgIpc) is 2.30. The summed E-state index contributed by atoms with van der Waals surface area (Å²) in [7, 11) is -1.64. The Labute approximate surface area is 90.3 Å². The van der Waals surface area contributed by atoms with Crippen LogP contribution in [0.15, 0.2) is 54.8 Å². The first-order chi connectivity index (χ1) is 7.38. The van der Waals surface area contributed by atoms with E-state index in [-0.39, 0.29) is 5.54 Å². The molecular weight excluding hydrogens is 202 g/mol. The molecule has 2 nitrogen and oxygen atoms in total. The number of benzene rings is 1. The Kier molecular flexibility index (Phi) is 1.92. The van der Waals surface area contributed by atoms with Crippen molar-refractivity contribution in [3.63, 3.8) is 0 Å². The van der Waals surface area contributed by atoms with E-state index < -0.39 is 8.84 Å². The molecule has 0 radical (unpaired) electrons. The number of rotatable bonds is 1. The van der Waals surface area contributed by atoms with Crippen LogP contribution in [0, 0.1) is 0 Å². The number of nitrogens with zero attached hydrogens (tertiary/aromatic N) is 1. The highest BCUT2D eigenvalue weighted by Gasteiger charge is 2.48. The lowest BCUT2D eigenvalue weighted by Crippen LogP contribution is -2.58. The summed E-state index contributed by atoms with van der Waals surface area (Å²) in [5.41, 5.74) is 1.40. The SMILES string of the molecule is O=[Si]1C(c2ccccc2)C2C=CC=CN21. The zero-order valence-electron chi connectivity index (χ0n) is 8.21. The second-order valence-corrected chi connectivity index (χ2v) is 5.67. The molecule has 2 heterocycles. The number of allylic oxidation sites excluding steroid dienone is 2. The van der Waals surface area contributed by atoms with E-state index in [1.54, 1.807) is 0 Å². The monoisotopic (exact) mass is 213 g/mol. The standard InChI is InChI=1S/C12H11NOSi/c14-15-12(10-6-2-1-3-7-10)11-8-4-5-9-13(11)15/h1-9,11-12H. The highest BCUT2D eigenvalue weighted by molar-refractivity contribution is 6.46. The molecule has 0 aliphatic carbocycles. The van der Waals surface area contributed by atoms with Gasteiger partial charge in [0.2, 0.25) is 0 Å². The van der Waals surface area contributed by atoms with Crippen LogP contribution in [0.4, 0.5) is 0 Å². The van der Waals surface area contributed by atoms with Gasteiger partial charge in [0, 0.05) is 0 Å². The van der Waals surface area contributed by atoms with E-state index in [2.05, 4.69) is 18.2 Å². The molecule has 2 atom stereocenters. The molecule has 0 saturated carbocycles. The van der Waals surface area contributed by atoms with Crippen LogP contribution in [0.1, 0.15) is 11.1 Å². The zero-order chi connectivity index (χ0) is 10.3. The van der Waals surface area contributed by atoms with Gasteiger partial charge < -0.3 is 9.03 Å². The molecule has 2 aliphatic heterocycles. The van der Waals surface area contributed by atoms with Gasteiger partial charge in [-0.05, 0) is 17.8 Å². The van der Waals surface area contributed by atoms with E-state index in [0.717, 1.165) is 0 Å². The molecule has 15 heavy (non-hydrogen) atoms. The van der Waals surface area contributed by atoms with E-state index in [4.69, 9.17) is 0 Å². The summed E-state index contributed by atoms with van der Waals surface area (Å²) in [5, 5.41) is 0. The Balaban J connectivity index is 1.94. The van der Waals surface area contributed by atoms with Gasteiger partial charge in [-0.1, -0.05) is 42.5 Å². The second kappa shape index (κ2) is 3.27. The summed E-state index contributed by atoms with van der Waals surface area (Å²) in [4.78, 5) is 0. The fourth-order valence-electron chi connectivity index (χ4n) is 2.23. The summed E-state index contributed by atoms with van der Waals surface area (Å²) in [6.07, 6.45) is 8.04. The van der Waals surface area contributed by atoms with E-state index in [1.807, 2.05) is 41.1 Å². The summed E-state index contributed by atoms with van der Waals surface area (Å²) in [6, 6.07) is 10.5. The fraction of sp³-hybridized carbons (Fsp3) is 0.167. The molecule has 3 rings (SSSR count). The van der Waals surface area contributed by atoms with Gasteiger partial charge >= 0.3 is 8.84 Å². The number of fused-ring (bicyclic) bond motifs is 1. The van der Waals surface area contributed by atoms with Crippen molar-refractivity contribution < 1.29 is 4.46 Å². The van der Waals surface area contributed by atoms with Crippen LogP contribution in [0.25, 0.3) is 0 Å². The van der Waals surface area contributed by atoms with Gasteiger partial charge in [0.05, 0.1) is 11.6 Å². The van der Waals surface area contributed by atoms with Gasteiger partial charge in [0.15, 0.2) is 0 Å². The molecule has 2 unspecified atom stereocenters. The molecular formula is C12H11NOSi. The molecule has 1 aromatic rings. The Morgan fingerprint density at radius 2 is 1.93 bits per heavy atom. The lowest BCUT2D eigenvalue weighted by Gasteiger charge is -2.44. The maximum absolute atomic E-state index is 12.0. The average molecular weight is 213 g/mol. The van der Waals surface area contributed by atoms with Crippen molar-refractivity contribution in [1.82, 2.24) is 4.57 Å². The Morgan fingerprint density at radius 1 is 1.13 bits per heavy atom. The minimum Gasteiger partial charge on any atom is -0.359 e. The lowest BCUT2D eigenvalue weighted by molar-refractivity contribution is 0.321. The van der Waals surface area contributed by atoms with E-state index in [1.165, 1.54) is 5.56 Å². The van der Waals surface area contributed by atoms with Crippen molar-refractivity contribution in [3.05, 3.63) is 60.3 Å². The molecule has 0 N–H and O–H groups in total. The summed E-state index contributed by atoms with van der Waals surface area (Å²) in [5.74, 6) is 0. The van der Waals surface area contributed by atoms with Crippen LogP contribution in [0.2, 0.25) is 0 Å². The van der Waals surface area contributed by atoms with Crippen LogP contribution in [-0.4, -0.2) is 19.5 Å². The first kappa shape index (κ1) is 8.80. The number of hydrogen-bond acceptors (Lipinski definition) is 1. The minimum absolute atomic E-state index is 0.206. The lowest BCUT2D eigenvalue weighted by atomic mass is 10.0. The highest BCUT2D eigenvalue weighted by atomic mass is 28.3. The quantitative estimate of drug-likeness (QED) is 0.665. The molecule has 0 amide bonds. The Morgan fingerprint density at radius 3 is 2.73 bits per heavy atom. The third-order valence-electron chi connectivity index (χ3n) is 3.01. The van der Waals surface area contributed by atoms with E-state index >= 15 is 0 Å². The molecule has 0 bridgehead atoms. The molecule has 0 aromatic heterocycles. The summed E-state index contributed by atoms with van der Waals surface area (Å²) < 4.78 is 14.0. The van der Waals surface area contributed by atoms with Crippen LogP contribution >= 0.6 is 0 Å². The van der Waals surface area contributed by atoms with Crippen LogP contribution in [0.5, 0.6) is 0 Å². The van der Waals surface area contributed by atoms with Crippen molar-refractivity contribution >= 4 is 8.84 Å². The molecule has 0 spiro atoms. The maximum Gasteiger partial charge on any atom is 0.409 e. The fourth-order valence-corrected chi connectivity index (χ4v) is 4.12. The maximum atomic E-state index is 12.0. The van der Waals surface area contributed by atoms with Crippen molar-refractivity contribution in [2.45, 2.75) is 11.6 Å². The first-order valence-corrected chi connectivity index (χ1v) is 6.53.